The van der Waals surface area contributed by atoms with Gasteiger partial charge in [0, 0.05) is 5.56 Å². The van der Waals surface area contributed by atoms with Gasteiger partial charge in [-0.1, -0.05) is 54.1 Å². The zero-order chi connectivity index (χ0) is 21.1. The number of methoxy groups -OCH3 is 1. The first-order valence-corrected chi connectivity index (χ1v) is 9.50. The number of benzene rings is 3. The van der Waals surface area contributed by atoms with Gasteiger partial charge in [0.15, 0.2) is 5.76 Å². The Hall–Kier alpha value is -3.86. The minimum Gasteiger partial charge on any atom is -0.481 e. The molecule has 0 amide bonds. The summed E-state index contributed by atoms with van der Waals surface area (Å²) >= 11 is 0. The van der Waals surface area contributed by atoms with Crippen molar-refractivity contribution in [3.05, 3.63) is 99.7 Å². The minimum absolute atomic E-state index is 0.156. The number of ether oxygens (including phenoxy) is 2. The maximum absolute atomic E-state index is 13.2. The van der Waals surface area contributed by atoms with Crippen molar-refractivity contribution in [1.29, 1.82) is 0 Å². The van der Waals surface area contributed by atoms with Gasteiger partial charge in [-0.15, -0.1) is 0 Å². The van der Waals surface area contributed by atoms with Crippen LogP contribution in [0.5, 0.6) is 5.75 Å². The maximum Gasteiger partial charge on any atom is 0.337 e. The highest BCUT2D eigenvalue weighted by molar-refractivity contribution is 5.89. The summed E-state index contributed by atoms with van der Waals surface area (Å²) in [4.78, 5) is 24.8. The van der Waals surface area contributed by atoms with E-state index in [0.29, 0.717) is 22.3 Å². The summed E-state index contributed by atoms with van der Waals surface area (Å²) < 4.78 is 16.8. The van der Waals surface area contributed by atoms with Crippen LogP contribution in [0, 0.1) is 6.92 Å². The standard InChI is InChI=1S/C25H20O5/c1-16-8-13-21-20(14-16)22(26)24(23(30-21)18-6-4-3-5-7-18)29-15-17-9-11-19(12-10-17)25(27)28-2/h3-14H,15H2,1-2H3. The third kappa shape index (κ3) is 3.82. The molecule has 0 saturated carbocycles. The van der Waals surface area contributed by atoms with E-state index >= 15 is 0 Å². The molecule has 30 heavy (non-hydrogen) atoms. The molecule has 4 aromatic rings. The van der Waals surface area contributed by atoms with Crippen LogP contribution in [0.3, 0.4) is 0 Å². The lowest BCUT2D eigenvalue weighted by molar-refractivity contribution is 0.0600. The first-order valence-electron chi connectivity index (χ1n) is 9.50. The Morgan fingerprint density at radius 2 is 1.70 bits per heavy atom. The second-order valence-electron chi connectivity index (χ2n) is 6.93. The molecule has 0 saturated heterocycles. The van der Waals surface area contributed by atoms with E-state index in [1.54, 1.807) is 36.4 Å². The van der Waals surface area contributed by atoms with Gasteiger partial charge in [0.1, 0.15) is 12.2 Å². The quantitative estimate of drug-likeness (QED) is 0.434. The van der Waals surface area contributed by atoms with Gasteiger partial charge in [0.2, 0.25) is 11.2 Å². The Morgan fingerprint density at radius 1 is 0.967 bits per heavy atom. The summed E-state index contributed by atoms with van der Waals surface area (Å²) in [5.74, 6) is 0.152. The lowest BCUT2D eigenvalue weighted by atomic mass is 10.1. The Morgan fingerprint density at radius 3 is 2.40 bits per heavy atom. The van der Waals surface area contributed by atoms with Gasteiger partial charge < -0.3 is 13.9 Å². The van der Waals surface area contributed by atoms with Crippen molar-refractivity contribution in [2.75, 3.05) is 7.11 Å². The fourth-order valence-electron chi connectivity index (χ4n) is 3.21. The minimum atomic E-state index is -0.403. The molecular formula is C25H20O5. The highest BCUT2D eigenvalue weighted by atomic mass is 16.5. The van der Waals surface area contributed by atoms with E-state index in [4.69, 9.17) is 13.9 Å². The van der Waals surface area contributed by atoms with Crippen molar-refractivity contribution in [2.45, 2.75) is 13.5 Å². The van der Waals surface area contributed by atoms with Crippen LogP contribution < -0.4 is 10.2 Å². The summed E-state index contributed by atoms with van der Waals surface area (Å²) in [7, 11) is 1.34. The number of carbonyl (C=O) groups excluding carboxylic acids is 1. The van der Waals surface area contributed by atoms with Gasteiger partial charge in [-0.05, 0) is 36.8 Å². The lowest BCUT2D eigenvalue weighted by Gasteiger charge is -2.12. The Labute approximate surface area is 173 Å². The average molecular weight is 400 g/mol. The number of esters is 1. The van der Waals surface area contributed by atoms with Gasteiger partial charge in [-0.25, -0.2) is 4.79 Å². The van der Waals surface area contributed by atoms with Crippen molar-refractivity contribution < 1.29 is 18.7 Å². The van der Waals surface area contributed by atoms with Crippen molar-refractivity contribution in [2.24, 2.45) is 0 Å². The molecule has 0 atom stereocenters. The topological polar surface area (TPSA) is 65.7 Å². The van der Waals surface area contributed by atoms with Crippen LogP contribution in [0.1, 0.15) is 21.5 Å². The van der Waals surface area contributed by atoms with Crippen LogP contribution in [-0.4, -0.2) is 13.1 Å². The molecule has 0 fully saturated rings. The van der Waals surface area contributed by atoms with E-state index in [-0.39, 0.29) is 17.8 Å². The molecule has 1 aromatic heterocycles. The summed E-state index contributed by atoms with van der Waals surface area (Å²) in [6, 6.07) is 21.8. The van der Waals surface area contributed by atoms with Crippen molar-refractivity contribution >= 4 is 16.9 Å². The predicted octanol–water partition coefficient (Wildman–Crippen LogP) is 5.13. The number of aryl methyl sites for hydroxylation is 1. The Kier molecular flexibility index (Phi) is 5.35. The molecule has 5 nitrogen and oxygen atoms in total. The normalized spacial score (nSPS) is 10.7. The smallest absolute Gasteiger partial charge is 0.337 e. The second kappa shape index (κ2) is 8.25. The molecule has 0 radical (unpaired) electrons. The van der Waals surface area contributed by atoms with Crippen LogP contribution in [0.15, 0.2) is 82.0 Å². The molecule has 0 aliphatic carbocycles. The third-order valence-corrected chi connectivity index (χ3v) is 4.80. The van der Waals surface area contributed by atoms with Gasteiger partial charge in [-0.3, -0.25) is 4.79 Å². The van der Waals surface area contributed by atoms with Crippen molar-refractivity contribution in [3.8, 4) is 17.1 Å². The molecule has 0 bridgehead atoms. The van der Waals surface area contributed by atoms with Crippen molar-refractivity contribution in [1.82, 2.24) is 0 Å². The zero-order valence-electron chi connectivity index (χ0n) is 16.7. The van der Waals surface area contributed by atoms with E-state index in [9.17, 15) is 9.59 Å². The summed E-state index contributed by atoms with van der Waals surface area (Å²) in [5, 5.41) is 0.478. The highest BCUT2D eigenvalue weighted by Gasteiger charge is 2.18. The zero-order valence-corrected chi connectivity index (χ0v) is 16.7. The summed E-state index contributed by atoms with van der Waals surface area (Å²) in [6.07, 6.45) is 0. The SMILES string of the molecule is COC(=O)c1ccc(COc2c(-c3ccccc3)oc3ccc(C)cc3c2=O)cc1. The van der Waals surface area contributed by atoms with Crippen LogP contribution in [0.4, 0.5) is 0 Å². The number of rotatable bonds is 5. The molecule has 0 N–H and O–H groups in total. The maximum atomic E-state index is 13.2. The van der Waals surface area contributed by atoms with E-state index in [1.165, 1.54) is 7.11 Å². The molecule has 5 heteroatoms. The van der Waals surface area contributed by atoms with Gasteiger partial charge in [0.25, 0.3) is 0 Å². The number of carbonyl (C=O) groups is 1. The molecule has 0 aliphatic heterocycles. The molecule has 3 aromatic carbocycles. The van der Waals surface area contributed by atoms with Crippen LogP contribution in [-0.2, 0) is 11.3 Å². The van der Waals surface area contributed by atoms with E-state index in [0.717, 1.165) is 16.7 Å². The van der Waals surface area contributed by atoms with E-state index in [2.05, 4.69) is 0 Å². The predicted molar refractivity (Wildman–Crippen MR) is 115 cm³/mol. The van der Waals surface area contributed by atoms with Crippen molar-refractivity contribution in [3.63, 3.8) is 0 Å². The van der Waals surface area contributed by atoms with Crippen LogP contribution in [0.2, 0.25) is 0 Å². The first kappa shape index (κ1) is 19.5. The largest absolute Gasteiger partial charge is 0.481 e. The first-order chi connectivity index (χ1) is 14.6. The fourth-order valence-corrected chi connectivity index (χ4v) is 3.21. The van der Waals surface area contributed by atoms with Gasteiger partial charge in [-0.2, -0.15) is 0 Å². The molecule has 150 valence electrons. The second-order valence-corrected chi connectivity index (χ2v) is 6.93. The molecular weight excluding hydrogens is 380 g/mol. The molecule has 0 spiro atoms. The Balaban J connectivity index is 1.74. The van der Waals surface area contributed by atoms with E-state index < -0.39 is 5.97 Å². The van der Waals surface area contributed by atoms with Crippen LogP contribution >= 0.6 is 0 Å². The third-order valence-electron chi connectivity index (χ3n) is 4.80. The van der Waals surface area contributed by atoms with Gasteiger partial charge >= 0.3 is 5.97 Å². The molecule has 0 aliphatic rings. The fraction of sp³-hybridized carbons (Fsp3) is 0.120. The molecule has 0 unspecified atom stereocenters. The summed E-state index contributed by atoms with van der Waals surface area (Å²) in [5.41, 5.74) is 3.28. The van der Waals surface area contributed by atoms with E-state index in [1.807, 2.05) is 43.3 Å². The number of fused-ring (bicyclic) bond motifs is 1. The monoisotopic (exact) mass is 400 g/mol. The number of hydrogen-bond donors (Lipinski definition) is 0. The highest BCUT2D eigenvalue weighted by Crippen LogP contribution is 2.31. The lowest BCUT2D eigenvalue weighted by Crippen LogP contribution is -2.10. The average Bonchev–Trinajstić information content (AvgIpc) is 2.79. The summed E-state index contributed by atoms with van der Waals surface area (Å²) in [6.45, 7) is 2.08. The molecule has 4 rings (SSSR count). The number of hydrogen-bond acceptors (Lipinski definition) is 5. The van der Waals surface area contributed by atoms with Crippen LogP contribution in [0.25, 0.3) is 22.3 Å². The van der Waals surface area contributed by atoms with Gasteiger partial charge in [0.05, 0.1) is 18.1 Å². The molecule has 1 heterocycles. The Bertz CT molecular complexity index is 1250.